The molecule has 0 aliphatic carbocycles. The van der Waals surface area contributed by atoms with E-state index in [1.807, 2.05) is 36.5 Å². The third kappa shape index (κ3) is 4.55. The standard InChI is InChI=1S/C18H20BrN3O/c19-16-5-3-14(4-6-16)12-18(23)21-13-15-7-8-20-17(11-15)22-9-1-2-10-22/h3-8,11H,1-2,9-10,12-13H2,(H,21,23). The van der Waals surface area contributed by atoms with Crippen LogP contribution in [0.2, 0.25) is 0 Å². The van der Waals surface area contributed by atoms with Crippen molar-refractivity contribution in [1.29, 1.82) is 0 Å². The highest BCUT2D eigenvalue weighted by molar-refractivity contribution is 9.10. The Kier molecular flexibility index (Phi) is 5.28. The van der Waals surface area contributed by atoms with Crippen molar-refractivity contribution < 1.29 is 4.79 Å². The van der Waals surface area contributed by atoms with Crippen molar-refractivity contribution in [2.24, 2.45) is 0 Å². The molecule has 23 heavy (non-hydrogen) atoms. The molecule has 2 aromatic rings. The highest BCUT2D eigenvalue weighted by Crippen LogP contribution is 2.18. The number of pyridine rings is 1. The molecule has 0 bridgehead atoms. The summed E-state index contributed by atoms with van der Waals surface area (Å²) in [5, 5.41) is 2.98. The van der Waals surface area contributed by atoms with Crippen LogP contribution < -0.4 is 10.2 Å². The van der Waals surface area contributed by atoms with Gasteiger partial charge in [-0.2, -0.15) is 0 Å². The highest BCUT2D eigenvalue weighted by atomic mass is 79.9. The smallest absolute Gasteiger partial charge is 0.224 e. The van der Waals surface area contributed by atoms with Gasteiger partial charge in [0.05, 0.1) is 6.42 Å². The molecule has 3 rings (SSSR count). The molecule has 0 atom stereocenters. The Labute approximate surface area is 145 Å². The van der Waals surface area contributed by atoms with Gasteiger partial charge in [-0.05, 0) is 48.2 Å². The van der Waals surface area contributed by atoms with E-state index in [0.29, 0.717) is 13.0 Å². The van der Waals surface area contributed by atoms with Crippen LogP contribution in [-0.4, -0.2) is 24.0 Å². The van der Waals surface area contributed by atoms with E-state index in [0.717, 1.165) is 34.5 Å². The molecule has 1 fully saturated rings. The van der Waals surface area contributed by atoms with Gasteiger partial charge in [-0.1, -0.05) is 28.1 Å². The predicted molar refractivity (Wildman–Crippen MR) is 95.4 cm³/mol. The summed E-state index contributed by atoms with van der Waals surface area (Å²) in [7, 11) is 0. The molecule has 0 radical (unpaired) electrons. The molecule has 2 heterocycles. The Morgan fingerprint density at radius 3 is 2.61 bits per heavy atom. The van der Waals surface area contributed by atoms with E-state index in [2.05, 4.69) is 37.2 Å². The minimum atomic E-state index is 0.0341. The van der Waals surface area contributed by atoms with E-state index in [1.165, 1.54) is 12.8 Å². The molecule has 0 saturated carbocycles. The number of anilines is 1. The molecule has 4 nitrogen and oxygen atoms in total. The molecule has 1 saturated heterocycles. The van der Waals surface area contributed by atoms with Gasteiger partial charge < -0.3 is 10.2 Å². The van der Waals surface area contributed by atoms with Gasteiger partial charge >= 0.3 is 0 Å². The molecule has 1 aliphatic heterocycles. The van der Waals surface area contributed by atoms with E-state index in [1.54, 1.807) is 0 Å². The summed E-state index contributed by atoms with van der Waals surface area (Å²) in [6, 6.07) is 11.9. The van der Waals surface area contributed by atoms with Crippen LogP contribution in [0.25, 0.3) is 0 Å². The Morgan fingerprint density at radius 1 is 1.13 bits per heavy atom. The third-order valence-electron chi connectivity index (χ3n) is 4.01. The minimum Gasteiger partial charge on any atom is -0.357 e. The van der Waals surface area contributed by atoms with E-state index in [9.17, 15) is 4.79 Å². The van der Waals surface area contributed by atoms with E-state index < -0.39 is 0 Å². The number of hydrogen-bond donors (Lipinski definition) is 1. The number of carbonyl (C=O) groups excluding carboxylic acids is 1. The lowest BCUT2D eigenvalue weighted by molar-refractivity contribution is -0.120. The lowest BCUT2D eigenvalue weighted by Crippen LogP contribution is -2.25. The first-order chi connectivity index (χ1) is 11.2. The Balaban J connectivity index is 1.54. The molecular formula is C18H20BrN3O. The van der Waals surface area contributed by atoms with E-state index in [-0.39, 0.29) is 5.91 Å². The first-order valence-corrected chi connectivity index (χ1v) is 8.71. The monoisotopic (exact) mass is 373 g/mol. The Hall–Kier alpha value is -1.88. The number of carbonyl (C=O) groups is 1. The summed E-state index contributed by atoms with van der Waals surface area (Å²) in [6.45, 7) is 2.69. The average Bonchev–Trinajstić information content (AvgIpc) is 3.10. The fourth-order valence-electron chi connectivity index (χ4n) is 2.74. The second kappa shape index (κ2) is 7.59. The number of benzene rings is 1. The van der Waals surface area contributed by atoms with Gasteiger partial charge in [-0.15, -0.1) is 0 Å². The normalized spacial score (nSPS) is 14.0. The fourth-order valence-corrected chi connectivity index (χ4v) is 3.00. The third-order valence-corrected chi connectivity index (χ3v) is 4.54. The first-order valence-electron chi connectivity index (χ1n) is 7.92. The van der Waals surface area contributed by atoms with Gasteiger partial charge in [0.1, 0.15) is 5.82 Å². The Bertz CT molecular complexity index is 666. The summed E-state index contributed by atoms with van der Waals surface area (Å²) in [6.07, 6.45) is 4.69. The van der Waals surface area contributed by atoms with Crippen LogP contribution in [0.5, 0.6) is 0 Å². The van der Waals surface area contributed by atoms with Crippen molar-refractivity contribution in [3.63, 3.8) is 0 Å². The Morgan fingerprint density at radius 2 is 1.87 bits per heavy atom. The average molecular weight is 374 g/mol. The van der Waals surface area contributed by atoms with Gasteiger partial charge in [0.2, 0.25) is 5.91 Å². The van der Waals surface area contributed by atoms with Crippen LogP contribution in [0, 0.1) is 0 Å². The van der Waals surface area contributed by atoms with Gasteiger partial charge in [0.25, 0.3) is 0 Å². The zero-order valence-corrected chi connectivity index (χ0v) is 14.6. The minimum absolute atomic E-state index is 0.0341. The number of rotatable bonds is 5. The molecule has 1 aromatic heterocycles. The summed E-state index contributed by atoms with van der Waals surface area (Å²) >= 11 is 3.40. The molecule has 5 heteroatoms. The van der Waals surface area contributed by atoms with Crippen LogP contribution in [0.4, 0.5) is 5.82 Å². The summed E-state index contributed by atoms with van der Waals surface area (Å²) in [5.74, 6) is 1.05. The van der Waals surface area contributed by atoms with Gasteiger partial charge in [0.15, 0.2) is 0 Å². The topological polar surface area (TPSA) is 45.2 Å². The van der Waals surface area contributed by atoms with Crippen molar-refractivity contribution in [2.45, 2.75) is 25.8 Å². The van der Waals surface area contributed by atoms with Crippen molar-refractivity contribution in [3.8, 4) is 0 Å². The van der Waals surface area contributed by atoms with Crippen molar-refractivity contribution in [1.82, 2.24) is 10.3 Å². The summed E-state index contributed by atoms with van der Waals surface area (Å²) in [5.41, 5.74) is 2.10. The molecule has 120 valence electrons. The van der Waals surface area contributed by atoms with Crippen LogP contribution in [0.15, 0.2) is 47.1 Å². The van der Waals surface area contributed by atoms with Crippen LogP contribution in [0.3, 0.4) is 0 Å². The lowest BCUT2D eigenvalue weighted by Gasteiger charge is -2.17. The molecule has 1 amide bonds. The zero-order chi connectivity index (χ0) is 16.1. The van der Waals surface area contributed by atoms with E-state index in [4.69, 9.17) is 0 Å². The molecule has 1 aromatic carbocycles. The van der Waals surface area contributed by atoms with Gasteiger partial charge in [-0.25, -0.2) is 4.98 Å². The second-order valence-corrected chi connectivity index (χ2v) is 6.71. The SMILES string of the molecule is O=C(Cc1ccc(Br)cc1)NCc1ccnc(N2CCCC2)c1. The maximum atomic E-state index is 12.1. The fraction of sp³-hybridized carbons (Fsp3) is 0.333. The summed E-state index contributed by atoms with van der Waals surface area (Å²) in [4.78, 5) is 18.8. The van der Waals surface area contributed by atoms with Crippen LogP contribution in [0.1, 0.15) is 24.0 Å². The zero-order valence-electron chi connectivity index (χ0n) is 13.0. The highest BCUT2D eigenvalue weighted by Gasteiger charge is 2.13. The van der Waals surface area contributed by atoms with E-state index >= 15 is 0 Å². The van der Waals surface area contributed by atoms with Gasteiger partial charge in [-0.3, -0.25) is 4.79 Å². The maximum Gasteiger partial charge on any atom is 0.224 e. The number of nitrogens with one attached hydrogen (secondary N) is 1. The summed E-state index contributed by atoms with van der Waals surface area (Å²) < 4.78 is 1.02. The molecule has 1 N–H and O–H groups in total. The molecule has 0 unspecified atom stereocenters. The number of hydrogen-bond acceptors (Lipinski definition) is 3. The van der Waals surface area contributed by atoms with Crippen molar-refractivity contribution >= 4 is 27.7 Å². The number of halogens is 1. The van der Waals surface area contributed by atoms with Crippen molar-refractivity contribution in [3.05, 3.63) is 58.2 Å². The largest absolute Gasteiger partial charge is 0.357 e. The first kappa shape index (κ1) is 16.0. The van der Waals surface area contributed by atoms with Crippen LogP contribution in [-0.2, 0) is 17.8 Å². The molecular weight excluding hydrogens is 354 g/mol. The molecule has 0 spiro atoms. The number of nitrogens with zero attached hydrogens (tertiary/aromatic N) is 2. The quantitative estimate of drug-likeness (QED) is 0.874. The number of amides is 1. The van der Waals surface area contributed by atoms with Gasteiger partial charge in [0, 0.05) is 30.3 Å². The second-order valence-electron chi connectivity index (χ2n) is 5.80. The van der Waals surface area contributed by atoms with Crippen molar-refractivity contribution in [2.75, 3.05) is 18.0 Å². The van der Waals surface area contributed by atoms with Crippen LogP contribution >= 0.6 is 15.9 Å². The molecule has 1 aliphatic rings. The maximum absolute atomic E-state index is 12.1. The lowest BCUT2D eigenvalue weighted by atomic mass is 10.1. The number of aromatic nitrogens is 1. The predicted octanol–water partition coefficient (Wildman–Crippen LogP) is 3.30.